The lowest BCUT2D eigenvalue weighted by Crippen LogP contribution is -2.54. The van der Waals surface area contributed by atoms with Gasteiger partial charge < -0.3 is 23.7 Å². The number of nitrogens with zero attached hydrogens (tertiary/aromatic N) is 2. The van der Waals surface area contributed by atoms with Crippen LogP contribution < -0.4 is 9.47 Å². The molecule has 1 aromatic heterocycles. The number of carbonyl (C=O) groups is 2. The highest BCUT2D eigenvalue weighted by Crippen LogP contribution is 2.31. The number of rotatable bonds is 3. The van der Waals surface area contributed by atoms with Gasteiger partial charge in [0.2, 0.25) is 12.0 Å². The third kappa shape index (κ3) is 3.88. The molecule has 28 heavy (non-hydrogen) atoms. The van der Waals surface area contributed by atoms with Crippen LogP contribution in [0, 0.1) is 6.92 Å². The van der Waals surface area contributed by atoms with Crippen LogP contribution >= 0.6 is 0 Å². The average molecular weight is 382 g/mol. The van der Waals surface area contributed by atoms with Crippen LogP contribution in [0.5, 0.6) is 11.5 Å². The van der Waals surface area contributed by atoms with Crippen LogP contribution in [0.15, 0.2) is 46.9 Å². The lowest BCUT2D eigenvalue weighted by molar-refractivity contribution is -0.145. The Balaban J connectivity index is 1.30. The zero-order chi connectivity index (χ0) is 19.5. The van der Waals surface area contributed by atoms with E-state index in [4.69, 9.17) is 13.9 Å². The number of hydrogen-bond donors (Lipinski definition) is 0. The Bertz CT molecular complexity index is 896. The summed E-state index contributed by atoms with van der Waals surface area (Å²) in [5.41, 5.74) is 0. The zero-order valence-corrected chi connectivity index (χ0v) is 15.7. The molecule has 7 heteroatoms. The Kier molecular flexibility index (Phi) is 5.06. The lowest BCUT2D eigenvalue weighted by atomic mass is 10.2. The standard InChI is InChI=1S/C21H22N2O5/c1-15-6-7-16(27-15)8-9-20(24)22-10-12-23(13-11-22)21(25)19-14-26-17-4-2-3-5-18(17)28-19/h2-9,19H,10-14H2,1H3/b9-8+/t19-/m0/s1. The fourth-order valence-electron chi connectivity index (χ4n) is 3.29. The first-order valence-electron chi connectivity index (χ1n) is 9.31. The van der Waals surface area contributed by atoms with E-state index in [0.29, 0.717) is 43.4 Å². The van der Waals surface area contributed by atoms with Gasteiger partial charge in [0.25, 0.3) is 5.91 Å². The predicted molar refractivity (Wildman–Crippen MR) is 102 cm³/mol. The Morgan fingerprint density at radius 1 is 1.00 bits per heavy atom. The van der Waals surface area contributed by atoms with E-state index in [1.807, 2.05) is 37.3 Å². The molecule has 0 unspecified atom stereocenters. The van der Waals surface area contributed by atoms with Crippen molar-refractivity contribution in [3.05, 3.63) is 54.0 Å². The quantitative estimate of drug-likeness (QED) is 0.761. The molecule has 1 saturated heterocycles. The topological polar surface area (TPSA) is 72.2 Å². The summed E-state index contributed by atoms with van der Waals surface area (Å²) in [7, 11) is 0. The van der Waals surface area contributed by atoms with E-state index in [1.165, 1.54) is 6.08 Å². The van der Waals surface area contributed by atoms with Crippen molar-refractivity contribution < 1.29 is 23.5 Å². The van der Waals surface area contributed by atoms with Gasteiger partial charge >= 0.3 is 0 Å². The van der Waals surface area contributed by atoms with E-state index >= 15 is 0 Å². The number of hydrogen-bond acceptors (Lipinski definition) is 5. The van der Waals surface area contributed by atoms with Crippen LogP contribution in [-0.2, 0) is 9.59 Å². The lowest BCUT2D eigenvalue weighted by Gasteiger charge is -2.36. The normalized spacial score (nSPS) is 19.1. The first-order valence-corrected chi connectivity index (χ1v) is 9.31. The minimum absolute atomic E-state index is 0.0904. The van der Waals surface area contributed by atoms with Crippen molar-refractivity contribution in [2.45, 2.75) is 13.0 Å². The number of benzene rings is 1. The van der Waals surface area contributed by atoms with Gasteiger partial charge in [-0.3, -0.25) is 9.59 Å². The summed E-state index contributed by atoms with van der Waals surface area (Å²) in [6.07, 6.45) is 2.52. The molecule has 0 bridgehead atoms. The summed E-state index contributed by atoms with van der Waals surface area (Å²) in [5.74, 6) is 2.49. The first kappa shape index (κ1) is 18.2. The summed E-state index contributed by atoms with van der Waals surface area (Å²) >= 11 is 0. The van der Waals surface area contributed by atoms with E-state index in [-0.39, 0.29) is 18.4 Å². The molecule has 0 radical (unpaired) electrons. The highest BCUT2D eigenvalue weighted by atomic mass is 16.6. The van der Waals surface area contributed by atoms with Gasteiger partial charge in [0, 0.05) is 32.3 Å². The molecule has 1 fully saturated rings. The van der Waals surface area contributed by atoms with Crippen molar-refractivity contribution in [3.63, 3.8) is 0 Å². The molecular weight excluding hydrogens is 360 g/mol. The molecule has 0 aliphatic carbocycles. The molecule has 1 aromatic carbocycles. The second-order valence-corrected chi connectivity index (χ2v) is 6.80. The Hall–Kier alpha value is -3.22. The van der Waals surface area contributed by atoms with Crippen LogP contribution in [0.1, 0.15) is 11.5 Å². The first-order chi connectivity index (χ1) is 13.6. The van der Waals surface area contributed by atoms with Gasteiger partial charge in [-0.25, -0.2) is 0 Å². The van der Waals surface area contributed by atoms with Crippen LogP contribution in [0.2, 0.25) is 0 Å². The van der Waals surface area contributed by atoms with Gasteiger partial charge in [0.05, 0.1) is 0 Å². The van der Waals surface area contributed by atoms with Crippen molar-refractivity contribution in [2.75, 3.05) is 32.8 Å². The number of piperazine rings is 1. The molecule has 2 aromatic rings. The number of ether oxygens (including phenoxy) is 2. The minimum Gasteiger partial charge on any atom is -0.485 e. The third-order valence-corrected chi connectivity index (χ3v) is 4.84. The van der Waals surface area contributed by atoms with Gasteiger partial charge in [-0.1, -0.05) is 12.1 Å². The van der Waals surface area contributed by atoms with E-state index in [9.17, 15) is 9.59 Å². The van der Waals surface area contributed by atoms with Crippen molar-refractivity contribution in [1.82, 2.24) is 9.80 Å². The molecule has 1 atom stereocenters. The molecular formula is C21H22N2O5. The second-order valence-electron chi connectivity index (χ2n) is 6.80. The fourth-order valence-corrected chi connectivity index (χ4v) is 3.29. The molecule has 0 saturated carbocycles. The van der Waals surface area contributed by atoms with Gasteiger partial charge in [-0.05, 0) is 37.3 Å². The van der Waals surface area contributed by atoms with Crippen molar-refractivity contribution in [2.24, 2.45) is 0 Å². The van der Waals surface area contributed by atoms with Gasteiger partial charge in [-0.15, -0.1) is 0 Å². The minimum atomic E-state index is -0.653. The van der Waals surface area contributed by atoms with E-state index in [2.05, 4.69) is 0 Å². The van der Waals surface area contributed by atoms with Crippen LogP contribution in [0.3, 0.4) is 0 Å². The van der Waals surface area contributed by atoms with Crippen molar-refractivity contribution >= 4 is 17.9 Å². The number of amides is 2. The summed E-state index contributed by atoms with van der Waals surface area (Å²) in [6.45, 7) is 3.96. The fraction of sp³-hybridized carbons (Fsp3) is 0.333. The maximum atomic E-state index is 12.7. The molecule has 4 rings (SSSR count). The Morgan fingerprint density at radius 3 is 2.43 bits per heavy atom. The molecule has 2 amide bonds. The molecule has 2 aliphatic rings. The monoisotopic (exact) mass is 382 g/mol. The van der Waals surface area contributed by atoms with Gasteiger partial charge in [-0.2, -0.15) is 0 Å². The molecule has 0 spiro atoms. The number of furan rings is 1. The summed E-state index contributed by atoms with van der Waals surface area (Å²) in [4.78, 5) is 28.5. The molecule has 3 heterocycles. The number of aryl methyl sites for hydroxylation is 1. The van der Waals surface area contributed by atoms with E-state index < -0.39 is 6.10 Å². The summed E-state index contributed by atoms with van der Waals surface area (Å²) in [5, 5.41) is 0. The highest BCUT2D eigenvalue weighted by Gasteiger charge is 2.33. The van der Waals surface area contributed by atoms with Gasteiger partial charge in [0.1, 0.15) is 18.1 Å². The number of carbonyl (C=O) groups excluding carboxylic acids is 2. The number of fused-ring (bicyclic) bond motifs is 1. The van der Waals surface area contributed by atoms with E-state index in [0.717, 1.165) is 5.76 Å². The summed E-state index contributed by atoms with van der Waals surface area (Å²) < 4.78 is 16.8. The number of para-hydroxylation sites is 2. The Labute approximate surface area is 163 Å². The van der Waals surface area contributed by atoms with Crippen molar-refractivity contribution in [1.29, 1.82) is 0 Å². The molecule has 146 valence electrons. The highest BCUT2D eigenvalue weighted by molar-refractivity contribution is 5.91. The van der Waals surface area contributed by atoms with Crippen LogP contribution in [0.4, 0.5) is 0 Å². The maximum absolute atomic E-state index is 12.7. The molecule has 2 aliphatic heterocycles. The maximum Gasteiger partial charge on any atom is 0.267 e. The SMILES string of the molecule is Cc1ccc(/C=C/C(=O)N2CCN(C(=O)[C@@H]3COc4ccccc4O3)CC2)o1. The Morgan fingerprint density at radius 2 is 1.71 bits per heavy atom. The average Bonchev–Trinajstić information content (AvgIpc) is 3.16. The van der Waals surface area contributed by atoms with Crippen LogP contribution in [-0.4, -0.2) is 60.5 Å². The third-order valence-electron chi connectivity index (χ3n) is 4.84. The predicted octanol–water partition coefficient (Wildman–Crippen LogP) is 2.11. The summed E-state index contributed by atoms with van der Waals surface area (Å²) in [6, 6.07) is 11.0. The van der Waals surface area contributed by atoms with Crippen molar-refractivity contribution in [3.8, 4) is 11.5 Å². The van der Waals surface area contributed by atoms with Gasteiger partial charge in [0.15, 0.2) is 11.5 Å². The largest absolute Gasteiger partial charge is 0.485 e. The molecule has 0 N–H and O–H groups in total. The van der Waals surface area contributed by atoms with Crippen LogP contribution in [0.25, 0.3) is 6.08 Å². The second kappa shape index (κ2) is 7.80. The van der Waals surface area contributed by atoms with E-state index in [1.54, 1.807) is 21.9 Å². The zero-order valence-electron chi connectivity index (χ0n) is 15.7. The molecule has 7 nitrogen and oxygen atoms in total. The smallest absolute Gasteiger partial charge is 0.267 e.